The van der Waals surface area contributed by atoms with E-state index in [4.69, 9.17) is 4.74 Å². The third-order valence-corrected chi connectivity index (χ3v) is 3.52. The van der Waals surface area contributed by atoms with Gasteiger partial charge in [0.05, 0.1) is 13.2 Å². The number of aromatic nitrogens is 1. The van der Waals surface area contributed by atoms with E-state index in [2.05, 4.69) is 49.3 Å². The minimum Gasteiger partial charge on any atom is -0.496 e. The Hall–Kier alpha value is -1.87. The van der Waals surface area contributed by atoms with Gasteiger partial charge in [-0.3, -0.25) is 4.98 Å². The minimum absolute atomic E-state index is 0.165. The Kier molecular flexibility index (Phi) is 4.74. The average molecular weight is 270 g/mol. The third-order valence-electron chi connectivity index (χ3n) is 3.52. The molecule has 0 aliphatic heterocycles. The van der Waals surface area contributed by atoms with Crippen LogP contribution in [-0.4, -0.2) is 18.6 Å². The first-order chi connectivity index (χ1) is 9.67. The zero-order chi connectivity index (χ0) is 14.5. The molecule has 0 saturated carbocycles. The summed E-state index contributed by atoms with van der Waals surface area (Å²) >= 11 is 0. The molecule has 1 unspecified atom stereocenters. The predicted octanol–water partition coefficient (Wildman–Crippen LogP) is 3.41. The quantitative estimate of drug-likeness (QED) is 0.904. The number of hydrogen-bond acceptors (Lipinski definition) is 3. The first-order valence-electron chi connectivity index (χ1n) is 6.95. The van der Waals surface area contributed by atoms with Gasteiger partial charge in [-0.1, -0.05) is 19.1 Å². The Labute approximate surface area is 121 Å². The topological polar surface area (TPSA) is 34.2 Å². The van der Waals surface area contributed by atoms with Gasteiger partial charge in [-0.05, 0) is 54.8 Å². The lowest BCUT2D eigenvalue weighted by Gasteiger charge is -2.22. The van der Waals surface area contributed by atoms with Gasteiger partial charge in [-0.2, -0.15) is 0 Å². The molecule has 0 radical (unpaired) electrons. The molecule has 2 rings (SSSR count). The smallest absolute Gasteiger partial charge is 0.122 e. The fourth-order valence-electron chi connectivity index (χ4n) is 2.50. The van der Waals surface area contributed by atoms with Crippen LogP contribution in [0.3, 0.4) is 0 Å². The van der Waals surface area contributed by atoms with Gasteiger partial charge >= 0.3 is 0 Å². The number of nitrogens with zero attached hydrogens (tertiary/aromatic N) is 1. The number of hydrogen-bond donors (Lipinski definition) is 1. The maximum absolute atomic E-state index is 5.39. The number of benzene rings is 1. The number of nitrogens with one attached hydrogen (secondary N) is 1. The van der Waals surface area contributed by atoms with Crippen molar-refractivity contribution in [3.8, 4) is 5.75 Å². The van der Waals surface area contributed by atoms with Crippen LogP contribution < -0.4 is 10.1 Å². The van der Waals surface area contributed by atoms with Crippen LogP contribution in [-0.2, 0) is 0 Å². The normalized spacial score (nSPS) is 12.2. The van der Waals surface area contributed by atoms with Gasteiger partial charge in [-0.25, -0.2) is 0 Å². The molecule has 1 aromatic heterocycles. The Morgan fingerprint density at radius 1 is 1.25 bits per heavy atom. The number of rotatable bonds is 5. The summed E-state index contributed by atoms with van der Waals surface area (Å²) in [5.74, 6) is 0.938. The zero-order valence-corrected chi connectivity index (χ0v) is 12.6. The van der Waals surface area contributed by atoms with Crippen molar-refractivity contribution in [2.45, 2.75) is 26.8 Å². The van der Waals surface area contributed by atoms with E-state index in [9.17, 15) is 0 Å². The predicted molar refractivity (Wildman–Crippen MR) is 82.2 cm³/mol. The van der Waals surface area contributed by atoms with E-state index in [0.29, 0.717) is 0 Å². The summed E-state index contributed by atoms with van der Waals surface area (Å²) in [6.07, 6.45) is 3.73. The van der Waals surface area contributed by atoms with E-state index in [1.807, 2.05) is 12.3 Å². The number of ether oxygens (including phenoxy) is 1. The molecular weight excluding hydrogens is 248 g/mol. The van der Waals surface area contributed by atoms with Crippen molar-refractivity contribution in [2.24, 2.45) is 0 Å². The summed E-state index contributed by atoms with van der Waals surface area (Å²) < 4.78 is 5.39. The fraction of sp³-hybridized carbons (Fsp3) is 0.353. The summed E-state index contributed by atoms with van der Waals surface area (Å²) in [7, 11) is 1.71. The molecule has 0 aliphatic carbocycles. The number of methoxy groups -OCH3 is 1. The van der Waals surface area contributed by atoms with Crippen LogP contribution in [0, 0.1) is 13.8 Å². The van der Waals surface area contributed by atoms with Crippen molar-refractivity contribution in [1.82, 2.24) is 10.3 Å². The van der Waals surface area contributed by atoms with Gasteiger partial charge in [0, 0.05) is 12.4 Å². The first kappa shape index (κ1) is 14.5. The van der Waals surface area contributed by atoms with E-state index >= 15 is 0 Å². The molecule has 3 nitrogen and oxygen atoms in total. The molecule has 3 heteroatoms. The van der Waals surface area contributed by atoms with Gasteiger partial charge in [0.15, 0.2) is 0 Å². The van der Waals surface area contributed by atoms with Crippen molar-refractivity contribution in [3.63, 3.8) is 0 Å². The molecular formula is C17H22N2O. The van der Waals surface area contributed by atoms with E-state index in [0.717, 1.165) is 17.9 Å². The van der Waals surface area contributed by atoms with E-state index in [-0.39, 0.29) is 6.04 Å². The molecule has 0 aliphatic rings. The molecule has 106 valence electrons. The molecule has 0 amide bonds. The fourth-order valence-corrected chi connectivity index (χ4v) is 2.50. The maximum Gasteiger partial charge on any atom is 0.122 e. The Morgan fingerprint density at radius 2 is 2.05 bits per heavy atom. The SMILES string of the molecule is CCNC(c1cccnc1)c1cc(C)c(OC)cc1C. The van der Waals surface area contributed by atoms with Crippen LogP contribution in [0.4, 0.5) is 0 Å². The van der Waals surface area contributed by atoms with Crippen molar-refractivity contribution in [2.75, 3.05) is 13.7 Å². The molecule has 1 N–H and O–H groups in total. The Balaban J connectivity index is 2.47. The van der Waals surface area contributed by atoms with Crippen LogP contribution >= 0.6 is 0 Å². The highest BCUT2D eigenvalue weighted by atomic mass is 16.5. The molecule has 0 bridgehead atoms. The lowest BCUT2D eigenvalue weighted by atomic mass is 9.94. The van der Waals surface area contributed by atoms with E-state index < -0.39 is 0 Å². The second kappa shape index (κ2) is 6.53. The summed E-state index contributed by atoms with van der Waals surface area (Å²) in [5, 5.41) is 3.54. The molecule has 1 heterocycles. The molecule has 0 saturated heterocycles. The molecule has 2 aromatic rings. The molecule has 1 aromatic carbocycles. The van der Waals surface area contributed by atoms with Crippen LogP contribution in [0.25, 0.3) is 0 Å². The summed E-state index contributed by atoms with van der Waals surface area (Å²) in [4.78, 5) is 4.23. The zero-order valence-electron chi connectivity index (χ0n) is 12.6. The lowest BCUT2D eigenvalue weighted by Crippen LogP contribution is -2.23. The van der Waals surface area contributed by atoms with Crippen molar-refractivity contribution in [3.05, 3.63) is 58.9 Å². The van der Waals surface area contributed by atoms with E-state index in [1.165, 1.54) is 16.7 Å². The van der Waals surface area contributed by atoms with Gasteiger partial charge in [0.25, 0.3) is 0 Å². The minimum atomic E-state index is 0.165. The second-order valence-corrected chi connectivity index (χ2v) is 4.96. The molecule has 0 spiro atoms. The summed E-state index contributed by atoms with van der Waals surface area (Å²) in [5.41, 5.74) is 4.84. The van der Waals surface area contributed by atoms with Crippen LogP contribution in [0.2, 0.25) is 0 Å². The van der Waals surface area contributed by atoms with Gasteiger partial charge < -0.3 is 10.1 Å². The van der Waals surface area contributed by atoms with Gasteiger partial charge in [-0.15, -0.1) is 0 Å². The average Bonchev–Trinajstić information content (AvgIpc) is 2.48. The molecule has 1 atom stereocenters. The van der Waals surface area contributed by atoms with Gasteiger partial charge in [0.2, 0.25) is 0 Å². The third kappa shape index (κ3) is 2.99. The van der Waals surface area contributed by atoms with Crippen molar-refractivity contribution < 1.29 is 4.74 Å². The Morgan fingerprint density at radius 3 is 2.65 bits per heavy atom. The van der Waals surface area contributed by atoms with Crippen LogP contribution in [0.15, 0.2) is 36.7 Å². The highest BCUT2D eigenvalue weighted by Gasteiger charge is 2.17. The summed E-state index contributed by atoms with van der Waals surface area (Å²) in [6, 6.07) is 8.56. The monoisotopic (exact) mass is 270 g/mol. The van der Waals surface area contributed by atoms with Crippen molar-refractivity contribution >= 4 is 0 Å². The molecule has 0 fully saturated rings. The standard InChI is InChI=1S/C17H22N2O/c1-5-19-17(14-7-6-8-18-11-14)15-9-13(3)16(20-4)10-12(15)2/h6-11,17,19H,5H2,1-4H3. The van der Waals surface area contributed by atoms with Crippen molar-refractivity contribution in [1.29, 1.82) is 0 Å². The highest BCUT2D eigenvalue weighted by molar-refractivity contribution is 5.45. The largest absolute Gasteiger partial charge is 0.496 e. The lowest BCUT2D eigenvalue weighted by molar-refractivity contribution is 0.411. The second-order valence-electron chi connectivity index (χ2n) is 4.96. The number of pyridine rings is 1. The highest BCUT2D eigenvalue weighted by Crippen LogP contribution is 2.29. The van der Waals surface area contributed by atoms with Crippen LogP contribution in [0.1, 0.15) is 35.2 Å². The van der Waals surface area contributed by atoms with E-state index in [1.54, 1.807) is 13.3 Å². The maximum atomic E-state index is 5.39. The first-order valence-corrected chi connectivity index (χ1v) is 6.95. The number of aryl methyl sites for hydroxylation is 2. The summed E-state index contributed by atoms with van der Waals surface area (Å²) in [6.45, 7) is 7.23. The Bertz CT molecular complexity index is 567. The van der Waals surface area contributed by atoms with Crippen LogP contribution in [0.5, 0.6) is 5.75 Å². The van der Waals surface area contributed by atoms with Gasteiger partial charge in [0.1, 0.15) is 5.75 Å². The molecule has 20 heavy (non-hydrogen) atoms.